The lowest BCUT2D eigenvalue weighted by Crippen LogP contribution is -2.32. The molecule has 0 saturated heterocycles. The van der Waals surface area contributed by atoms with Gasteiger partial charge in [0.1, 0.15) is 5.75 Å². The zero-order chi connectivity index (χ0) is 23.4. The maximum absolute atomic E-state index is 12.6. The van der Waals surface area contributed by atoms with Gasteiger partial charge in [-0.15, -0.1) is 4.68 Å². The average molecular weight is 575 g/mol. The summed E-state index contributed by atoms with van der Waals surface area (Å²) in [5, 5.41) is 7.71. The largest absolute Gasteiger partial charge is 0.483 e. The SMILES string of the molecule is O=C(COc1ccc(C=Nn2c(=O)[nH]c3ccccc3c2=O)cc1I)Nc1ccc(Cl)cc1. The van der Waals surface area contributed by atoms with Gasteiger partial charge in [0, 0.05) is 10.7 Å². The number of nitrogens with one attached hydrogen (secondary N) is 2. The molecule has 0 aliphatic rings. The quantitative estimate of drug-likeness (QED) is 0.270. The van der Waals surface area contributed by atoms with Gasteiger partial charge in [-0.3, -0.25) is 9.59 Å². The number of nitrogens with zero attached hydrogens (tertiary/aromatic N) is 2. The lowest BCUT2D eigenvalue weighted by molar-refractivity contribution is -0.118. The van der Waals surface area contributed by atoms with Gasteiger partial charge in [-0.05, 0) is 82.8 Å². The lowest BCUT2D eigenvalue weighted by atomic mass is 10.2. The number of H-pyrrole nitrogens is 1. The number of carbonyl (C=O) groups is 1. The Morgan fingerprint density at radius 1 is 1.12 bits per heavy atom. The lowest BCUT2D eigenvalue weighted by Gasteiger charge is -2.09. The molecule has 0 radical (unpaired) electrons. The number of benzene rings is 3. The van der Waals surface area contributed by atoms with Gasteiger partial charge in [0.25, 0.3) is 11.5 Å². The van der Waals surface area contributed by atoms with Crippen molar-refractivity contribution in [3.05, 3.63) is 102 Å². The second kappa shape index (κ2) is 10.0. The standard InChI is InChI=1S/C23H16ClIN4O4/c24-15-6-8-16(9-7-15)27-21(30)13-33-20-10-5-14(11-18(20)25)12-26-29-22(31)17-3-1-2-4-19(17)28-23(29)32/h1-12H,13H2,(H,27,30)(H,28,32). The molecule has 2 N–H and O–H groups in total. The van der Waals surface area contributed by atoms with E-state index in [9.17, 15) is 14.4 Å². The van der Waals surface area contributed by atoms with Gasteiger partial charge >= 0.3 is 5.69 Å². The summed E-state index contributed by atoms with van der Waals surface area (Å²) in [4.78, 5) is 39.5. The number of hydrogen-bond donors (Lipinski definition) is 2. The Kier molecular flexibility index (Phi) is 6.90. The molecule has 10 heteroatoms. The number of para-hydroxylation sites is 1. The summed E-state index contributed by atoms with van der Waals surface area (Å²) >= 11 is 7.90. The van der Waals surface area contributed by atoms with Gasteiger partial charge in [0.05, 0.1) is 20.7 Å². The van der Waals surface area contributed by atoms with E-state index in [4.69, 9.17) is 16.3 Å². The molecule has 0 saturated carbocycles. The van der Waals surface area contributed by atoms with Crippen LogP contribution in [0.3, 0.4) is 0 Å². The van der Waals surface area contributed by atoms with E-state index in [1.54, 1.807) is 66.7 Å². The highest BCUT2D eigenvalue weighted by molar-refractivity contribution is 14.1. The summed E-state index contributed by atoms with van der Waals surface area (Å²) in [6, 6.07) is 18.6. The van der Waals surface area contributed by atoms with Crippen LogP contribution >= 0.6 is 34.2 Å². The highest BCUT2D eigenvalue weighted by atomic mass is 127. The number of hydrogen-bond acceptors (Lipinski definition) is 5. The average Bonchev–Trinajstić information content (AvgIpc) is 2.80. The molecule has 0 atom stereocenters. The third-order valence-corrected chi connectivity index (χ3v) is 5.64. The molecule has 0 bridgehead atoms. The van der Waals surface area contributed by atoms with Crippen molar-refractivity contribution in [2.75, 3.05) is 11.9 Å². The molecule has 166 valence electrons. The van der Waals surface area contributed by atoms with Gasteiger partial charge in [-0.1, -0.05) is 23.7 Å². The van der Waals surface area contributed by atoms with Crippen LogP contribution in [-0.2, 0) is 4.79 Å². The molecule has 0 unspecified atom stereocenters. The third kappa shape index (κ3) is 5.49. The van der Waals surface area contributed by atoms with Crippen LogP contribution in [0.2, 0.25) is 5.02 Å². The summed E-state index contributed by atoms with van der Waals surface area (Å²) in [6.07, 6.45) is 1.41. The minimum Gasteiger partial charge on any atom is -0.483 e. The van der Waals surface area contributed by atoms with Crippen LogP contribution < -0.4 is 21.3 Å². The van der Waals surface area contributed by atoms with Crippen LogP contribution in [0.4, 0.5) is 5.69 Å². The predicted molar refractivity (Wildman–Crippen MR) is 137 cm³/mol. The van der Waals surface area contributed by atoms with Crippen LogP contribution in [0.25, 0.3) is 10.9 Å². The van der Waals surface area contributed by atoms with E-state index in [2.05, 4.69) is 38.0 Å². The van der Waals surface area contributed by atoms with Crippen molar-refractivity contribution in [2.45, 2.75) is 0 Å². The summed E-state index contributed by atoms with van der Waals surface area (Å²) in [6.45, 7) is -0.173. The number of rotatable bonds is 6. The maximum Gasteiger partial charge on any atom is 0.349 e. The second-order valence-corrected chi connectivity index (χ2v) is 8.47. The summed E-state index contributed by atoms with van der Waals surface area (Å²) in [5.41, 5.74) is 0.586. The number of aromatic nitrogens is 2. The summed E-state index contributed by atoms with van der Waals surface area (Å²) in [7, 11) is 0. The van der Waals surface area contributed by atoms with Gasteiger partial charge in [0.15, 0.2) is 6.61 Å². The number of aromatic amines is 1. The number of amides is 1. The van der Waals surface area contributed by atoms with Crippen molar-refractivity contribution >= 4 is 62.9 Å². The van der Waals surface area contributed by atoms with Gasteiger partial charge in [0.2, 0.25) is 0 Å². The van der Waals surface area contributed by atoms with E-state index in [0.717, 1.165) is 8.25 Å². The van der Waals surface area contributed by atoms with Crippen molar-refractivity contribution in [1.29, 1.82) is 0 Å². The van der Waals surface area contributed by atoms with E-state index < -0.39 is 11.2 Å². The molecular formula is C23H16ClIN4O4. The van der Waals surface area contributed by atoms with Gasteiger partial charge < -0.3 is 15.0 Å². The first-order chi connectivity index (χ1) is 15.9. The Hall–Kier alpha value is -3.44. The van der Waals surface area contributed by atoms with E-state index in [0.29, 0.717) is 32.9 Å². The minimum absolute atomic E-state index is 0.173. The van der Waals surface area contributed by atoms with Crippen LogP contribution in [0.1, 0.15) is 5.56 Å². The molecule has 33 heavy (non-hydrogen) atoms. The predicted octanol–water partition coefficient (Wildman–Crippen LogP) is 3.85. The zero-order valence-corrected chi connectivity index (χ0v) is 19.8. The molecule has 0 fully saturated rings. The Bertz CT molecular complexity index is 1480. The summed E-state index contributed by atoms with van der Waals surface area (Å²) in [5.74, 6) is 0.202. The Labute approximate surface area is 206 Å². The second-order valence-electron chi connectivity index (χ2n) is 6.87. The zero-order valence-electron chi connectivity index (χ0n) is 16.9. The van der Waals surface area contributed by atoms with Crippen molar-refractivity contribution in [3.63, 3.8) is 0 Å². The fourth-order valence-electron chi connectivity index (χ4n) is 2.97. The molecule has 4 aromatic rings. The van der Waals surface area contributed by atoms with Crippen LogP contribution in [0.5, 0.6) is 5.75 Å². The number of halogens is 2. The Morgan fingerprint density at radius 2 is 1.88 bits per heavy atom. The first kappa shape index (κ1) is 22.7. The van der Waals surface area contributed by atoms with Crippen molar-refractivity contribution in [1.82, 2.24) is 9.66 Å². The number of anilines is 1. The summed E-state index contributed by atoms with van der Waals surface area (Å²) < 4.78 is 7.11. The molecular weight excluding hydrogens is 559 g/mol. The van der Waals surface area contributed by atoms with Crippen LogP contribution in [0.15, 0.2) is 81.4 Å². The molecule has 0 aliphatic heterocycles. The number of ether oxygens (including phenoxy) is 1. The number of fused-ring (bicyclic) bond motifs is 1. The molecule has 1 heterocycles. The van der Waals surface area contributed by atoms with E-state index in [-0.39, 0.29) is 12.5 Å². The maximum atomic E-state index is 12.6. The number of carbonyl (C=O) groups excluding carboxylic acids is 1. The fourth-order valence-corrected chi connectivity index (χ4v) is 3.79. The molecule has 4 rings (SSSR count). The van der Waals surface area contributed by atoms with Gasteiger partial charge in [-0.2, -0.15) is 5.10 Å². The smallest absolute Gasteiger partial charge is 0.349 e. The topological polar surface area (TPSA) is 106 Å². The van der Waals surface area contributed by atoms with Crippen LogP contribution in [0, 0.1) is 3.57 Å². The molecule has 3 aromatic carbocycles. The Morgan fingerprint density at radius 3 is 2.64 bits per heavy atom. The fraction of sp³-hybridized carbons (Fsp3) is 0.0435. The van der Waals surface area contributed by atoms with Crippen molar-refractivity contribution in [2.24, 2.45) is 5.10 Å². The highest BCUT2D eigenvalue weighted by Gasteiger charge is 2.08. The monoisotopic (exact) mass is 574 g/mol. The van der Waals surface area contributed by atoms with Crippen molar-refractivity contribution < 1.29 is 9.53 Å². The molecule has 1 aromatic heterocycles. The van der Waals surface area contributed by atoms with E-state index >= 15 is 0 Å². The molecule has 1 amide bonds. The van der Waals surface area contributed by atoms with Crippen LogP contribution in [-0.4, -0.2) is 28.4 Å². The van der Waals surface area contributed by atoms with Gasteiger partial charge in [-0.25, -0.2) is 4.79 Å². The van der Waals surface area contributed by atoms with Crippen molar-refractivity contribution in [3.8, 4) is 5.75 Å². The first-order valence-corrected chi connectivity index (χ1v) is 11.1. The minimum atomic E-state index is -0.628. The first-order valence-electron chi connectivity index (χ1n) is 9.67. The molecule has 8 nitrogen and oxygen atoms in total. The van der Waals surface area contributed by atoms with E-state index in [1.165, 1.54) is 6.21 Å². The Balaban J connectivity index is 1.44. The highest BCUT2D eigenvalue weighted by Crippen LogP contribution is 2.22. The molecule has 0 spiro atoms. The third-order valence-electron chi connectivity index (χ3n) is 4.55. The molecule has 0 aliphatic carbocycles. The normalized spacial score (nSPS) is 11.1. The van der Waals surface area contributed by atoms with E-state index in [1.807, 2.05) is 0 Å².